The van der Waals surface area contributed by atoms with Gasteiger partial charge in [-0.25, -0.2) is 0 Å². The molecule has 5 heteroatoms. The molecule has 2 amide bonds. The summed E-state index contributed by atoms with van der Waals surface area (Å²) in [5.74, 6) is -0.406. The van der Waals surface area contributed by atoms with Gasteiger partial charge in [-0.15, -0.1) is 0 Å². The minimum absolute atomic E-state index is 0.101. The van der Waals surface area contributed by atoms with Gasteiger partial charge in [0, 0.05) is 24.2 Å². The highest BCUT2D eigenvalue weighted by atomic mass is 16.3. The van der Waals surface area contributed by atoms with Crippen LogP contribution in [-0.4, -0.2) is 29.6 Å². The van der Waals surface area contributed by atoms with E-state index in [0.29, 0.717) is 11.3 Å². The monoisotopic (exact) mass is 236 g/mol. The van der Waals surface area contributed by atoms with Gasteiger partial charge in [-0.3, -0.25) is 9.59 Å². The number of aliphatic hydroxyl groups excluding tert-OH is 1. The molecule has 0 saturated carbocycles. The maximum atomic E-state index is 11.6. The normalized spacial score (nSPS) is 11.7. The lowest BCUT2D eigenvalue weighted by molar-refractivity contribution is -0.114. The zero-order chi connectivity index (χ0) is 12.8. The largest absolute Gasteiger partial charge is 0.394 e. The smallest absolute Gasteiger partial charge is 0.251 e. The number of hydrogen-bond donors (Lipinski definition) is 3. The summed E-state index contributed by atoms with van der Waals surface area (Å²) in [7, 11) is 0. The van der Waals surface area contributed by atoms with Gasteiger partial charge >= 0.3 is 0 Å². The fourth-order valence-electron chi connectivity index (χ4n) is 1.26. The van der Waals surface area contributed by atoms with E-state index in [4.69, 9.17) is 5.11 Å². The van der Waals surface area contributed by atoms with Crippen LogP contribution < -0.4 is 10.6 Å². The van der Waals surface area contributed by atoms with Crippen LogP contribution in [0.2, 0.25) is 0 Å². The quantitative estimate of drug-likeness (QED) is 0.722. The molecule has 17 heavy (non-hydrogen) atoms. The molecule has 0 saturated heterocycles. The highest BCUT2D eigenvalue weighted by Crippen LogP contribution is 2.09. The molecule has 0 bridgehead atoms. The summed E-state index contributed by atoms with van der Waals surface area (Å²) < 4.78 is 0. The lowest BCUT2D eigenvalue weighted by Crippen LogP contribution is -2.34. The van der Waals surface area contributed by atoms with Crippen molar-refractivity contribution in [2.24, 2.45) is 0 Å². The van der Waals surface area contributed by atoms with Crippen molar-refractivity contribution < 1.29 is 14.7 Å². The first-order chi connectivity index (χ1) is 8.02. The fraction of sp³-hybridized carbons (Fsp3) is 0.333. The van der Waals surface area contributed by atoms with Crippen molar-refractivity contribution >= 4 is 17.5 Å². The second-order valence-corrected chi connectivity index (χ2v) is 3.82. The maximum Gasteiger partial charge on any atom is 0.251 e. The van der Waals surface area contributed by atoms with Gasteiger partial charge in [-0.1, -0.05) is 0 Å². The molecule has 1 atom stereocenters. The molecular formula is C12H16N2O3. The first-order valence-corrected chi connectivity index (χ1v) is 5.32. The van der Waals surface area contributed by atoms with Crippen LogP contribution in [0.15, 0.2) is 24.3 Å². The molecule has 1 aromatic rings. The summed E-state index contributed by atoms with van der Waals surface area (Å²) in [5.41, 5.74) is 1.13. The Morgan fingerprint density at radius 3 is 2.35 bits per heavy atom. The Morgan fingerprint density at radius 1 is 1.29 bits per heavy atom. The van der Waals surface area contributed by atoms with Crippen LogP contribution in [0.1, 0.15) is 24.2 Å². The number of carbonyl (C=O) groups excluding carboxylic acids is 2. The van der Waals surface area contributed by atoms with Crippen LogP contribution in [0.5, 0.6) is 0 Å². The minimum atomic E-state index is -0.280. The second kappa shape index (κ2) is 6.00. The summed E-state index contributed by atoms with van der Waals surface area (Å²) in [6.45, 7) is 3.03. The van der Waals surface area contributed by atoms with Gasteiger partial charge in [0.15, 0.2) is 0 Å². The van der Waals surface area contributed by atoms with Crippen LogP contribution in [-0.2, 0) is 4.79 Å². The van der Waals surface area contributed by atoms with E-state index in [-0.39, 0.29) is 24.5 Å². The van der Waals surface area contributed by atoms with Crippen molar-refractivity contribution in [2.45, 2.75) is 19.9 Å². The molecule has 0 aliphatic heterocycles. The van der Waals surface area contributed by atoms with Crippen LogP contribution >= 0.6 is 0 Å². The number of amides is 2. The van der Waals surface area contributed by atoms with Crippen molar-refractivity contribution in [1.29, 1.82) is 0 Å². The molecule has 0 fully saturated rings. The van der Waals surface area contributed by atoms with E-state index in [1.165, 1.54) is 6.92 Å². The number of carbonyl (C=O) groups is 2. The van der Waals surface area contributed by atoms with Crippen molar-refractivity contribution in [1.82, 2.24) is 5.32 Å². The second-order valence-electron chi connectivity index (χ2n) is 3.82. The average Bonchev–Trinajstić information content (AvgIpc) is 2.28. The number of rotatable bonds is 4. The van der Waals surface area contributed by atoms with E-state index < -0.39 is 0 Å². The number of nitrogens with one attached hydrogen (secondary N) is 2. The Kier molecular flexibility index (Phi) is 4.66. The van der Waals surface area contributed by atoms with Gasteiger partial charge in [0.25, 0.3) is 5.91 Å². The van der Waals surface area contributed by atoms with E-state index in [2.05, 4.69) is 10.6 Å². The van der Waals surface area contributed by atoms with Gasteiger partial charge in [0.1, 0.15) is 0 Å². The first-order valence-electron chi connectivity index (χ1n) is 5.32. The predicted molar refractivity (Wildman–Crippen MR) is 64.8 cm³/mol. The molecule has 0 aliphatic carbocycles. The van der Waals surface area contributed by atoms with Crippen LogP contribution in [0.4, 0.5) is 5.69 Å². The number of anilines is 1. The molecule has 0 aliphatic rings. The predicted octanol–water partition coefficient (Wildman–Crippen LogP) is 0.756. The van der Waals surface area contributed by atoms with E-state index in [1.54, 1.807) is 31.2 Å². The van der Waals surface area contributed by atoms with Crippen molar-refractivity contribution in [3.63, 3.8) is 0 Å². The third-order valence-electron chi connectivity index (χ3n) is 2.12. The Labute approximate surface area is 99.8 Å². The Morgan fingerprint density at radius 2 is 1.88 bits per heavy atom. The summed E-state index contributed by atoms with van der Waals surface area (Å²) in [5, 5.41) is 14.1. The molecule has 0 aromatic heterocycles. The van der Waals surface area contributed by atoms with Crippen LogP contribution in [0.25, 0.3) is 0 Å². The topological polar surface area (TPSA) is 78.4 Å². The number of hydrogen-bond acceptors (Lipinski definition) is 3. The zero-order valence-electron chi connectivity index (χ0n) is 9.86. The third kappa shape index (κ3) is 4.24. The molecule has 0 heterocycles. The molecule has 3 N–H and O–H groups in total. The molecule has 5 nitrogen and oxygen atoms in total. The highest BCUT2D eigenvalue weighted by molar-refractivity contribution is 5.95. The van der Waals surface area contributed by atoms with Crippen molar-refractivity contribution in [3.8, 4) is 0 Å². The van der Waals surface area contributed by atoms with Gasteiger partial charge in [-0.05, 0) is 31.2 Å². The van der Waals surface area contributed by atoms with E-state index >= 15 is 0 Å². The highest BCUT2D eigenvalue weighted by Gasteiger charge is 2.08. The lowest BCUT2D eigenvalue weighted by Gasteiger charge is -2.11. The van der Waals surface area contributed by atoms with E-state index in [9.17, 15) is 9.59 Å². The first kappa shape index (κ1) is 13.2. The molecule has 1 unspecified atom stereocenters. The maximum absolute atomic E-state index is 11.6. The van der Waals surface area contributed by atoms with Gasteiger partial charge < -0.3 is 15.7 Å². The van der Waals surface area contributed by atoms with Crippen LogP contribution in [0.3, 0.4) is 0 Å². The zero-order valence-corrected chi connectivity index (χ0v) is 9.86. The molecular weight excluding hydrogens is 220 g/mol. The van der Waals surface area contributed by atoms with E-state index in [1.807, 2.05) is 0 Å². The Hall–Kier alpha value is -1.88. The summed E-state index contributed by atoms with van der Waals surface area (Å²) >= 11 is 0. The average molecular weight is 236 g/mol. The Balaban J connectivity index is 2.67. The molecule has 0 radical (unpaired) electrons. The SMILES string of the molecule is CC(=O)Nc1ccc(C(=O)NC(C)CO)cc1. The third-order valence-corrected chi connectivity index (χ3v) is 2.12. The minimum Gasteiger partial charge on any atom is -0.394 e. The lowest BCUT2D eigenvalue weighted by atomic mass is 10.2. The molecule has 1 rings (SSSR count). The van der Waals surface area contributed by atoms with Gasteiger partial charge in [0.2, 0.25) is 5.91 Å². The van der Waals surface area contributed by atoms with Gasteiger partial charge in [0.05, 0.1) is 6.61 Å². The van der Waals surface area contributed by atoms with Crippen LogP contribution in [0, 0.1) is 0 Å². The standard InChI is InChI=1S/C12H16N2O3/c1-8(7-15)13-12(17)10-3-5-11(6-4-10)14-9(2)16/h3-6,8,15H,7H2,1-2H3,(H,13,17)(H,14,16). The summed E-state index contributed by atoms with van der Waals surface area (Å²) in [6, 6.07) is 6.26. The molecule has 92 valence electrons. The summed E-state index contributed by atoms with van der Waals surface area (Å²) in [6.07, 6.45) is 0. The van der Waals surface area contributed by atoms with Gasteiger partial charge in [-0.2, -0.15) is 0 Å². The van der Waals surface area contributed by atoms with Crippen molar-refractivity contribution in [3.05, 3.63) is 29.8 Å². The molecule has 0 spiro atoms. The number of aliphatic hydroxyl groups is 1. The summed E-state index contributed by atoms with van der Waals surface area (Å²) in [4.78, 5) is 22.4. The number of benzene rings is 1. The molecule has 1 aromatic carbocycles. The van der Waals surface area contributed by atoms with E-state index in [0.717, 1.165) is 0 Å². The Bertz CT molecular complexity index is 401. The fourth-order valence-corrected chi connectivity index (χ4v) is 1.26. The van der Waals surface area contributed by atoms with Crippen molar-refractivity contribution in [2.75, 3.05) is 11.9 Å².